The lowest BCUT2D eigenvalue weighted by molar-refractivity contribution is -0.140. The molecule has 0 heterocycles. The van der Waals surface area contributed by atoms with Gasteiger partial charge in [0.1, 0.15) is 6.04 Å². The Balaban J connectivity index is 2.12. The number of halogens is 2. The molecule has 0 unspecified atom stereocenters. The summed E-state index contributed by atoms with van der Waals surface area (Å²) in [6.07, 6.45) is 0.327. The summed E-state index contributed by atoms with van der Waals surface area (Å²) < 4.78 is 0. The molecule has 2 aromatic rings. The Hall–Kier alpha value is -1.69. The third-order valence-corrected chi connectivity index (χ3v) is 6.08. The van der Waals surface area contributed by atoms with E-state index in [2.05, 4.69) is 5.32 Å². The van der Waals surface area contributed by atoms with E-state index in [9.17, 15) is 9.59 Å². The van der Waals surface area contributed by atoms with Crippen LogP contribution in [0.5, 0.6) is 0 Å². The number of carbonyl (C=O) groups is 2. The summed E-state index contributed by atoms with van der Waals surface area (Å²) in [6, 6.07) is 14.6. The van der Waals surface area contributed by atoms with Crippen LogP contribution in [-0.2, 0) is 16.1 Å². The van der Waals surface area contributed by atoms with Gasteiger partial charge >= 0.3 is 0 Å². The average molecular weight is 467 g/mol. The zero-order valence-corrected chi connectivity index (χ0v) is 20.1. The van der Waals surface area contributed by atoms with E-state index in [1.807, 2.05) is 57.2 Å². The zero-order valence-electron chi connectivity index (χ0n) is 17.7. The summed E-state index contributed by atoms with van der Waals surface area (Å²) in [6.45, 7) is 7.78. The standard InChI is InChI=1S/C23H28Cl2N2O2S/c1-16(22(29)26-23(2,3)4)27(15-17-10-11-19(24)20(25)14-17)21(28)12-13-30-18-8-6-5-7-9-18/h5-11,14,16H,12-13,15H2,1-4H3,(H,26,29)/t16-/m0/s1. The Kier molecular flexibility index (Phi) is 9.08. The molecule has 0 aliphatic carbocycles. The van der Waals surface area contributed by atoms with E-state index in [4.69, 9.17) is 23.2 Å². The van der Waals surface area contributed by atoms with Crippen LogP contribution in [0.3, 0.4) is 0 Å². The summed E-state index contributed by atoms with van der Waals surface area (Å²) in [5.74, 6) is 0.363. The molecule has 2 aromatic carbocycles. The molecule has 0 saturated heterocycles. The number of benzene rings is 2. The predicted octanol–water partition coefficient (Wildman–Crippen LogP) is 5.81. The van der Waals surface area contributed by atoms with Crippen LogP contribution in [0.4, 0.5) is 0 Å². The van der Waals surface area contributed by atoms with Gasteiger partial charge in [-0.2, -0.15) is 0 Å². The number of nitrogens with zero attached hydrogens (tertiary/aromatic N) is 1. The first-order valence-electron chi connectivity index (χ1n) is 9.80. The Labute approximate surface area is 193 Å². The molecule has 0 spiro atoms. The van der Waals surface area contributed by atoms with Crippen molar-refractivity contribution < 1.29 is 9.59 Å². The van der Waals surface area contributed by atoms with E-state index >= 15 is 0 Å². The molecule has 0 bridgehead atoms. The van der Waals surface area contributed by atoms with Crippen molar-refractivity contribution in [3.8, 4) is 0 Å². The molecule has 0 fully saturated rings. The highest BCUT2D eigenvalue weighted by Crippen LogP contribution is 2.24. The van der Waals surface area contributed by atoms with Gasteiger partial charge in [-0.25, -0.2) is 0 Å². The van der Waals surface area contributed by atoms with Crippen LogP contribution in [0.25, 0.3) is 0 Å². The second-order valence-electron chi connectivity index (χ2n) is 8.10. The Morgan fingerprint density at radius 3 is 2.33 bits per heavy atom. The van der Waals surface area contributed by atoms with E-state index in [0.29, 0.717) is 22.2 Å². The smallest absolute Gasteiger partial charge is 0.242 e. The molecule has 0 saturated carbocycles. The summed E-state index contributed by atoms with van der Waals surface area (Å²) in [7, 11) is 0. The summed E-state index contributed by atoms with van der Waals surface area (Å²) in [5, 5.41) is 3.84. The Morgan fingerprint density at radius 1 is 1.07 bits per heavy atom. The molecule has 2 rings (SSSR count). The molecule has 4 nitrogen and oxygen atoms in total. The maximum Gasteiger partial charge on any atom is 0.242 e. The van der Waals surface area contributed by atoms with Crippen molar-refractivity contribution in [1.29, 1.82) is 0 Å². The number of hydrogen-bond donors (Lipinski definition) is 1. The number of thioether (sulfide) groups is 1. The molecule has 0 radical (unpaired) electrons. The van der Waals surface area contributed by atoms with E-state index < -0.39 is 6.04 Å². The summed E-state index contributed by atoms with van der Waals surface area (Å²) in [4.78, 5) is 28.5. The Bertz CT molecular complexity index is 869. The topological polar surface area (TPSA) is 49.4 Å². The van der Waals surface area contributed by atoms with E-state index in [1.54, 1.807) is 35.7 Å². The van der Waals surface area contributed by atoms with Crippen LogP contribution >= 0.6 is 35.0 Å². The van der Waals surface area contributed by atoms with Gasteiger partial charge in [0.15, 0.2) is 0 Å². The van der Waals surface area contributed by atoms with Gasteiger partial charge in [0.05, 0.1) is 10.0 Å². The lowest BCUT2D eigenvalue weighted by atomic mass is 10.1. The molecule has 0 aliphatic heterocycles. The molecular formula is C23H28Cl2N2O2S. The lowest BCUT2D eigenvalue weighted by Crippen LogP contribution is -2.52. The molecule has 0 aliphatic rings. The van der Waals surface area contributed by atoms with Gasteiger partial charge in [0.2, 0.25) is 11.8 Å². The summed E-state index contributed by atoms with van der Waals surface area (Å²) >= 11 is 13.8. The van der Waals surface area contributed by atoms with Gasteiger partial charge in [-0.1, -0.05) is 47.5 Å². The van der Waals surface area contributed by atoms with Crippen molar-refractivity contribution >= 4 is 46.8 Å². The van der Waals surface area contributed by atoms with Gasteiger partial charge in [-0.3, -0.25) is 9.59 Å². The third-order valence-electron chi connectivity index (χ3n) is 4.33. The van der Waals surface area contributed by atoms with Crippen LogP contribution in [-0.4, -0.2) is 34.0 Å². The fourth-order valence-corrected chi connectivity index (χ4v) is 3.99. The minimum Gasteiger partial charge on any atom is -0.350 e. The highest BCUT2D eigenvalue weighted by Gasteiger charge is 2.28. The summed E-state index contributed by atoms with van der Waals surface area (Å²) in [5.41, 5.74) is 0.441. The fraction of sp³-hybridized carbons (Fsp3) is 0.391. The molecule has 1 N–H and O–H groups in total. The Morgan fingerprint density at radius 2 is 1.73 bits per heavy atom. The van der Waals surface area contributed by atoms with Gasteiger partial charge in [-0.05, 0) is 57.5 Å². The first-order valence-corrected chi connectivity index (χ1v) is 11.5. The zero-order chi connectivity index (χ0) is 22.3. The number of amides is 2. The SMILES string of the molecule is C[C@@H](C(=O)NC(C)(C)C)N(Cc1ccc(Cl)c(Cl)c1)C(=O)CCSc1ccccc1. The highest BCUT2D eigenvalue weighted by atomic mass is 35.5. The molecule has 1 atom stereocenters. The maximum absolute atomic E-state index is 13.1. The minimum atomic E-state index is -0.618. The van der Waals surface area contributed by atoms with Crippen LogP contribution in [0, 0.1) is 0 Å². The van der Waals surface area contributed by atoms with Gasteiger partial charge in [0, 0.05) is 29.2 Å². The van der Waals surface area contributed by atoms with Crippen molar-refractivity contribution in [2.24, 2.45) is 0 Å². The molecule has 2 amide bonds. The molecule has 0 aromatic heterocycles. The van der Waals surface area contributed by atoms with Crippen LogP contribution < -0.4 is 5.32 Å². The minimum absolute atomic E-state index is 0.0823. The molecular weight excluding hydrogens is 439 g/mol. The van der Waals surface area contributed by atoms with E-state index in [1.165, 1.54) is 0 Å². The third kappa shape index (κ3) is 7.86. The largest absolute Gasteiger partial charge is 0.350 e. The lowest BCUT2D eigenvalue weighted by Gasteiger charge is -2.31. The average Bonchev–Trinajstić information content (AvgIpc) is 2.67. The van der Waals surface area contributed by atoms with Crippen molar-refractivity contribution in [2.45, 2.75) is 57.1 Å². The van der Waals surface area contributed by atoms with Gasteiger partial charge < -0.3 is 10.2 Å². The monoisotopic (exact) mass is 466 g/mol. The predicted molar refractivity (Wildman–Crippen MR) is 126 cm³/mol. The quantitative estimate of drug-likeness (QED) is 0.499. The second kappa shape index (κ2) is 11.1. The number of hydrogen-bond acceptors (Lipinski definition) is 3. The van der Waals surface area contributed by atoms with E-state index in [-0.39, 0.29) is 23.9 Å². The molecule has 162 valence electrons. The van der Waals surface area contributed by atoms with Crippen LogP contribution in [0.2, 0.25) is 10.0 Å². The van der Waals surface area contributed by atoms with Crippen molar-refractivity contribution in [2.75, 3.05) is 5.75 Å². The normalized spacial score (nSPS) is 12.3. The van der Waals surface area contributed by atoms with Gasteiger partial charge in [-0.15, -0.1) is 11.8 Å². The number of carbonyl (C=O) groups excluding carboxylic acids is 2. The van der Waals surface area contributed by atoms with Gasteiger partial charge in [0.25, 0.3) is 0 Å². The van der Waals surface area contributed by atoms with Crippen LogP contribution in [0.15, 0.2) is 53.4 Å². The first-order chi connectivity index (χ1) is 14.1. The maximum atomic E-state index is 13.1. The van der Waals surface area contributed by atoms with Crippen molar-refractivity contribution in [3.63, 3.8) is 0 Å². The highest BCUT2D eigenvalue weighted by molar-refractivity contribution is 7.99. The van der Waals surface area contributed by atoms with Crippen molar-refractivity contribution in [1.82, 2.24) is 10.2 Å². The van der Waals surface area contributed by atoms with E-state index in [0.717, 1.165) is 10.5 Å². The van der Waals surface area contributed by atoms with Crippen molar-refractivity contribution in [3.05, 3.63) is 64.1 Å². The molecule has 30 heavy (non-hydrogen) atoms. The number of rotatable bonds is 8. The van der Waals surface area contributed by atoms with Crippen LogP contribution in [0.1, 0.15) is 39.7 Å². The number of nitrogens with one attached hydrogen (secondary N) is 1. The molecule has 7 heteroatoms. The fourth-order valence-electron chi connectivity index (χ4n) is 2.81. The second-order valence-corrected chi connectivity index (χ2v) is 10.1. The first kappa shape index (κ1) is 24.6.